The van der Waals surface area contributed by atoms with Crippen LogP contribution < -0.4 is 0 Å². The van der Waals surface area contributed by atoms with Gasteiger partial charge in [-0.2, -0.15) is 0 Å². The second kappa shape index (κ2) is 21.6. The van der Waals surface area contributed by atoms with E-state index < -0.39 is 152 Å². The van der Waals surface area contributed by atoms with Crippen molar-refractivity contribution in [3.05, 3.63) is 47.6 Å². The van der Waals surface area contributed by atoms with Gasteiger partial charge in [0.25, 0.3) is 0 Å². The molecule has 0 spiro atoms. The van der Waals surface area contributed by atoms with E-state index in [0.717, 1.165) is 38.0 Å². The molecule has 3 saturated heterocycles. The highest BCUT2D eigenvalue weighted by Crippen LogP contribution is 2.76. The van der Waals surface area contributed by atoms with Crippen molar-refractivity contribution in [2.75, 3.05) is 20.3 Å². The summed E-state index contributed by atoms with van der Waals surface area (Å²) in [5.41, 5.74) is -1.95. The highest BCUT2D eigenvalue weighted by Gasteiger charge is 2.72. The number of phenolic OH excluding ortho intramolecular Hbond substituents is 1. The van der Waals surface area contributed by atoms with E-state index in [4.69, 9.17) is 37.9 Å². The molecule has 1 aromatic carbocycles. The average Bonchev–Trinajstić information content (AvgIpc) is 2.34. The number of fused-ring (bicyclic) bond motifs is 7. The molecule has 21 nitrogen and oxygen atoms in total. The van der Waals surface area contributed by atoms with Crippen molar-refractivity contribution in [1.29, 1.82) is 0 Å². The van der Waals surface area contributed by atoms with Crippen LogP contribution in [0.3, 0.4) is 0 Å². The zero-order chi connectivity index (χ0) is 56.8. The highest BCUT2D eigenvalue weighted by molar-refractivity contribution is 5.87. The third-order valence-electron chi connectivity index (χ3n) is 20.6. The second-order valence-electron chi connectivity index (χ2n) is 25.7. The van der Waals surface area contributed by atoms with Crippen LogP contribution in [0.2, 0.25) is 0 Å². The Morgan fingerprint density at radius 2 is 1.38 bits per heavy atom. The summed E-state index contributed by atoms with van der Waals surface area (Å²) < 4.78 is 47.1. The summed E-state index contributed by atoms with van der Waals surface area (Å²) in [6.45, 7) is 14.1. The van der Waals surface area contributed by atoms with Crippen LogP contribution in [0.15, 0.2) is 42.0 Å². The second-order valence-corrected chi connectivity index (χ2v) is 25.7. The number of aromatic hydroxyl groups is 1. The van der Waals surface area contributed by atoms with Gasteiger partial charge in [0.1, 0.15) is 66.1 Å². The number of benzene rings is 1. The number of aliphatic hydroxyl groups excluding tert-OH is 9. The lowest BCUT2D eigenvalue weighted by atomic mass is 9.33. The number of rotatable bonds is 11. The zero-order valence-electron chi connectivity index (χ0n) is 45.8. The van der Waals surface area contributed by atoms with Gasteiger partial charge >= 0.3 is 17.9 Å². The summed E-state index contributed by atoms with van der Waals surface area (Å²) >= 11 is 0. The summed E-state index contributed by atoms with van der Waals surface area (Å²) in [5.74, 6) is -3.01. The predicted molar refractivity (Wildman–Crippen MR) is 271 cm³/mol. The van der Waals surface area contributed by atoms with E-state index in [1.54, 1.807) is 12.1 Å². The molecule has 78 heavy (non-hydrogen) atoms. The molecule has 0 radical (unpaired) electrons. The molecule has 21 heteroatoms. The van der Waals surface area contributed by atoms with Crippen molar-refractivity contribution in [2.45, 2.75) is 204 Å². The standard InChI is InChI=1S/C57H82O21/c1-52(2)21-22-57(51(70)78-50-46(75-37(62)16-11-27-9-12-28(59)13-10-27)44(31(60)26-72-50)76-48-42(67)39(64)38(63)32(25-58)73-48)30(23-52)29-14-15-34-54(5)19-18-36(74-49-43(68)40(65)41(66)45(77-49)47(69)71-8)53(3,4)33(54)17-20-55(34,6)56(29,7)24-35(57)61/h9-14,16,30-36,38-46,48-50,58-61,63-68H,15,17-26H2,1-8H3/b16-11+/t30-,31-,32+,33-,34+,35+,36-,38+,39-,40-,41-,42+,43+,44-,45-,46+,48-,49+,50-,54-,55+,56+,57+/m0/s1. The molecular weight excluding hydrogens is 1020 g/mol. The van der Waals surface area contributed by atoms with Gasteiger partial charge in [-0.3, -0.25) is 4.79 Å². The number of aliphatic hydroxyl groups is 9. The lowest BCUT2D eigenvalue weighted by molar-refractivity contribution is -0.347. The van der Waals surface area contributed by atoms with Crippen LogP contribution in [0, 0.1) is 50.2 Å². The van der Waals surface area contributed by atoms with Crippen molar-refractivity contribution in [2.24, 2.45) is 50.2 Å². The predicted octanol–water partition coefficient (Wildman–Crippen LogP) is 1.90. The fourth-order valence-corrected chi connectivity index (χ4v) is 16.0. The Hall–Kier alpha value is -3.65. The molecule has 9 rings (SSSR count). The van der Waals surface area contributed by atoms with E-state index in [9.17, 15) is 60.7 Å². The van der Waals surface area contributed by atoms with E-state index in [0.29, 0.717) is 31.2 Å². The first-order valence-electron chi connectivity index (χ1n) is 27.5. The first kappa shape index (κ1) is 59.0. The Morgan fingerprint density at radius 3 is 2.05 bits per heavy atom. The third kappa shape index (κ3) is 9.85. The largest absolute Gasteiger partial charge is 0.508 e. The molecule has 436 valence electrons. The number of hydrogen-bond acceptors (Lipinski definition) is 21. The van der Waals surface area contributed by atoms with Crippen molar-refractivity contribution >= 4 is 24.0 Å². The molecule has 5 aliphatic carbocycles. The monoisotopic (exact) mass is 1100 g/mol. The number of esters is 3. The molecule has 3 aliphatic heterocycles. The average molecular weight is 1100 g/mol. The number of phenols is 1. The quantitative estimate of drug-likeness (QED) is 0.0497. The molecular formula is C57H82O21. The van der Waals surface area contributed by atoms with Crippen molar-refractivity contribution in [3.8, 4) is 5.75 Å². The minimum Gasteiger partial charge on any atom is -0.508 e. The third-order valence-corrected chi connectivity index (χ3v) is 20.6. The lowest BCUT2D eigenvalue weighted by Gasteiger charge is -2.71. The van der Waals surface area contributed by atoms with Crippen molar-refractivity contribution in [3.63, 3.8) is 0 Å². The van der Waals surface area contributed by atoms with Gasteiger partial charge in [0, 0.05) is 6.08 Å². The molecule has 23 atom stereocenters. The van der Waals surface area contributed by atoms with E-state index in [-0.39, 0.29) is 46.7 Å². The van der Waals surface area contributed by atoms with Crippen LogP contribution in [-0.2, 0) is 52.3 Å². The van der Waals surface area contributed by atoms with Crippen LogP contribution in [0.5, 0.6) is 5.75 Å². The van der Waals surface area contributed by atoms with Gasteiger partial charge in [0.2, 0.25) is 6.29 Å². The summed E-state index contributed by atoms with van der Waals surface area (Å²) in [5, 5.41) is 109. The van der Waals surface area contributed by atoms with Gasteiger partial charge in [-0.05, 0) is 126 Å². The number of carbonyl (C=O) groups excluding carboxylic acids is 3. The maximum Gasteiger partial charge on any atom is 0.337 e. The SMILES string of the molecule is COC(=O)[C@H]1O[C@@H](O[C@H]2CC[C@]3(C)[C@H]4CC=C5[C@@H]6CC(C)(C)CC[C@]6(C(=O)O[C@@H]6OC[C@H](O)[C@H](O[C@@H]7O[C@H](CO)[C@@H](O)[C@H](O)[C@H]7O)[C@H]6OC(=O)/C=C/c6ccc(O)cc6)[C@H](O)C[C@@]5(C)[C@]4(C)CC[C@H]3C2(C)C)[C@H](O)[C@@H](O)[C@@H]1O. The van der Waals surface area contributed by atoms with E-state index >= 15 is 4.79 Å². The number of methoxy groups -OCH3 is 1. The molecule has 0 bridgehead atoms. The molecule has 10 N–H and O–H groups in total. The molecule has 7 fully saturated rings. The highest BCUT2D eigenvalue weighted by atomic mass is 16.8. The first-order valence-corrected chi connectivity index (χ1v) is 27.5. The fraction of sp³-hybridized carbons (Fsp3) is 0.772. The summed E-state index contributed by atoms with van der Waals surface area (Å²) in [7, 11) is 1.14. The molecule has 0 aromatic heterocycles. The van der Waals surface area contributed by atoms with Gasteiger partial charge in [0.15, 0.2) is 24.8 Å². The van der Waals surface area contributed by atoms with Crippen molar-refractivity contribution < 1.29 is 103 Å². The summed E-state index contributed by atoms with van der Waals surface area (Å²) in [6.07, 6.45) is -15.4. The molecule has 0 unspecified atom stereocenters. The number of hydrogen-bond donors (Lipinski definition) is 10. The molecule has 1 aromatic rings. The smallest absolute Gasteiger partial charge is 0.337 e. The minimum atomic E-state index is -1.91. The Morgan fingerprint density at radius 1 is 0.718 bits per heavy atom. The van der Waals surface area contributed by atoms with Crippen molar-refractivity contribution in [1.82, 2.24) is 0 Å². The van der Waals surface area contributed by atoms with Crippen LogP contribution in [0.25, 0.3) is 6.08 Å². The van der Waals surface area contributed by atoms with Gasteiger partial charge in [-0.1, -0.05) is 72.2 Å². The summed E-state index contributed by atoms with van der Waals surface area (Å²) in [6, 6.07) is 5.94. The van der Waals surface area contributed by atoms with Gasteiger partial charge in [-0.15, -0.1) is 0 Å². The number of allylic oxidation sites excluding steroid dienone is 2. The molecule has 0 amide bonds. The topological polar surface area (TPSA) is 327 Å². The molecule has 3 heterocycles. The Labute approximate surface area is 454 Å². The Kier molecular flexibility index (Phi) is 16.3. The maximum atomic E-state index is 15.5. The zero-order valence-corrected chi connectivity index (χ0v) is 45.8. The Balaban J connectivity index is 0.999. The van der Waals surface area contributed by atoms with E-state index in [1.165, 1.54) is 18.2 Å². The first-order chi connectivity index (χ1) is 36.6. The van der Waals surface area contributed by atoms with Crippen LogP contribution in [-0.4, -0.2) is 188 Å². The minimum absolute atomic E-state index is 0.00156. The Bertz CT molecular complexity index is 2430. The number of carbonyl (C=O) groups is 3. The fourth-order valence-electron chi connectivity index (χ4n) is 16.0. The normalized spacial score (nSPS) is 46.8. The molecule has 4 saturated carbocycles. The molecule has 8 aliphatic rings. The number of ether oxygens (including phenoxy) is 8. The van der Waals surface area contributed by atoms with Gasteiger partial charge < -0.3 is 89.0 Å². The summed E-state index contributed by atoms with van der Waals surface area (Å²) in [4.78, 5) is 41.8. The van der Waals surface area contributed by atoms with Gasteiger partial charge in [-0.25, -0.2) is 9.59 Å². The van der Waals surface area contributed by atoms with Gasteiger partial charge in [0.05, 0.1) is 32.5 Å². The van der Waals surface area contributed by atoms with Crippen LogP contribution >= 0.6 is 0 Å². The van der Waals surface area contributed by atoms with E-state index in [2.05, 4.69) is 54.5 Å². The lowest BCUT2D eigenvalue weighted by Crippen LogP contribution is -2.68. The maximum absolute atomic E-state index is 15.5. The van der Waals surface area contributed by atoms with Crippen LogP contribution in [0.1, 0.15) is 112 Å². The van der Waals surface area contributed by atoms with Crippen LogP contribution in [0.4, 0.5) is 0 Å². The van der Waals surface area contributed by atoms with E-state index in [1.807, 2.05) is 0 Å².